The summed E-state index contributed by atoms with van der Waals surface area (Å²) < 4.78 is 0. The van der Waals surface area contributed by atoms with Crippen molar-refractivity contribution in [1.29, 1.82) is 0 Å². The number of hydrogen-bond acceptors (Lipinski definition) is 2. The Morgan fingerprint density at radius 3 is 2.79 bits per heavy atom. The molecule has 1 rings (SSSR count). The highest BCUT2D eigenvalue weighted by Crippen LogP contribution is 2.18. The molecule has 0 fully saturated rings. The molecule has 0 aliphatic carbocycles. The number of hydrogen-bond donors (Lipinski definition) is 2. The first-order valence-corrected chi connectivity index (χ1v) is 4.62. The molecule has 4 heteroatoms. The van der Waals surface area contributed by atoms with E-state index >= 15 is 0 Å². The van der Waals surface area contributed by atoms with Gasteiger partial charge < -0.3 is 10.8 Å². The lowest BCUT2D eigenvalue weighted by molar-refractivity contribution is -0.138. The van der Waals surface area contributed by atoms with Gasteiger partial charge in [-0.1, -0.05) is 23.7 Å². The summed E-state index contributed by atoms with van der Waals surface area (Å²) >= 11 is 5.93. The maximum Gasteiger partial charge on any atom is 0.320 e. The first-order chi connectivity index (χ1) is 6.50. The second-order valence-electron chi connectivity index (χ2n) is 3.24. The zero-order valence-electron chi connectivity index (χ0n) is 7.83. The fraction of sp³-hybridized carbons (Fsp3) is 0.300. The molecule has 0 aliphatic heterocycles. The van der Waals surface area contributed by atoms with Gasteiger partial charge >= 0.3 is 5.97 Å². The second-order valence-corrected chi connectivity index (χ2v) is 3.65. The summed E-state index contributed by atoms with van der Waals surface area (Å²) in [7, 11) is 0. The summed E-state index contributed by atoms with van der Waals surface area (Å²) in [6.07, 6.45) is 0.258. The van der Waals surface area contributed by atoms with Crippen LogP contribution in [0.25, 0.3) is 0 Å². The van der Waals surface area contributed by atoms with Crippen molar-refractivity contribution >= 4 is 17.6 Å². The van der Waals surface area contributed by atoms with E-state index in [0.29, 0.717) is 5.02 Å². The average Bonchev–Trinajstić information content (AvgIpc) is 2.09. The van der Waals surface area contributed by atoms with Crippen LogP contribution in [0.2, 0.25) is 5.02 Å². The molecule has 0 spiro atoms. The topological polar surface area (TPSA) is 63.3 Å². The maximum atomic E-state index is 10.5. The molecule has 3 N–H and O–H groups in total. The summed E-state index contributed by atoms with van der Waals surface area (Å²) in [5, 5.41) is 9.19. The van der Waals surface area contributed by atoms with Gasteiger partial charge in [-0.3, -0.25) is 4.79 Å². The molecule has 0 radical (unpaired) electrons. The number of aliphatic carboxylic acids is 1. The second kappa shape index (κ2) is 4.44. The zero-order valence-corrected chi connectivity index (χ0v) is 8.58. The molecule has 0 unspecified atom stereocenters. The van der Waals surface area contributed by atoms with Crippen molar-refractivity contribution in [3.8, 4) is 0 Å². The molecule has 14 heavy (non-hydrogen) atoms. The standard InChI is InChI=1S/C10H12ClNO2/c1-6-2-3-7(8(11)4-6)5-9(12)10(13)14/h2-4,9H,5,12H2,1H3,(H,13,14)/t9-/m1/s1. The van der Waals surface area contributed by atoms with E-state index in [9.17, 15) is 4.79 Å². The number of benzene rings is 1. The van der Waals surface area contributed by atoms with Crippen LogP contribution in [0, 0.1) is 6.92 Å². The lowest BCUT2D eigenvalue weighted by Crippen LogP contribution is -2.32. The van der Waals surface area contributed by atoms with E-state index in [2.05, 4.69) is 0 Å². The minimum absolute atomic E-state index is 0.258. The van der Waals surface area contributed by atoms with Gasteiger partial charge in [0.05, 0.1) is 0 Å². The highest BCUT2D eigenvalue weighted by molar-refractivity contribution is 6.31. The molecule has 0 saturated carbocycles. The molecule has 0 saturated heterocycles. The van der Waals surface area contributed by atoms with Crippen LogP contribution in [-0.4, -0.2) is 17.1 Å². The van der Waals surface area contributed by atoms with Crippen molar-refractivity contribution in [3.05, 3.63) is 34.3 Å². The van der Waals surface area contributed by atoms with Crippen molar-refractivity contribution in [2.24, 2.45) is 5.73 Å². The molecule has 0 amide bonds. The van der Waals surface area contributed by atoms with Gasteiger partial charge in [-0.15, -0.1) is 0 Å². The van der Waals surface area contributed by atoms with Gasteiger partial charge in [-0.25, -0.2) is 0 Å². The Hall–Kier alpha value is -1.06. The monoisotopic (exact) mass is 213 g/mol. The number of carbonyl (C=O) groups is 1. The van der Waals surface area contributed by atoms with E-state index < -0.39 is 12.0 Å². The first kappa shape index (κ1) is 11.0. The number of nitrogens with two attached hydrogens (primary N) is 1. The third-order valence-electron chi connectivity index (χ3n) is 1.97. The van der Waals surface area contributed by atoms with Crippen molar-refractivity contribution in [3.63, 3.8) is 0 Å². The number of rotatable bonds is 3. The predicted octanol–water partition coefficient (Wildman–Crippen LogP) is 1.60. The summed E-state index contributed by atoms with van der Waals surface area (Å²) in [4.78, 5) is 10.5. The van der Waals surface area contributed by atoms with E-state index in [1.165, 1.54) is 0 Å². The van der Waals surface area contributed by atoms with Gasteiger partial charge in [0.15, 0.2) is 0 Å². The zero-order chi connectivity index (χ0) is 10.7. The van der Waals surface area contributed by atoms with Gasteiger partial charge in [0, 0.05) is 5.02 Å². The van der Waals surface area contributed by atoms with Crippen molar-refractivity contribution < 1.29 is 9.90 Å². The molecule has 1 aromatic carbocycles. The summed E-state index contributed by atoms with van der Waals surface area (Å²) in [5.41, 5.74) is 7.21. The molecule has 76 valence electrons. The third-order valence-corrected chi connectivity index (χ3v) is 2.32. The molecule has 0 heterocycles. The SMILES string of the molecule is Cc1ccc(C[C@@H](N)C(=O)O)c(Cl)c1. The summed E-state index contributed by atoms with van der Waals surface area (Å²) in [6, 6.07) is 4.59. The Balaban J connectivity index is 2.82. The Labute approximate surface area is 87.5 Å². The van der Waals surface area contributed by atoms with Crippen LogP contribution < -0.4 is 5.73 Å². The van der Waals surface area contributed by atoms with Crippen molar-refractivity contribution in [1.82, 2.24) is 0 Å². The maximum absolute atomic E-state index is 10.5. The van der Waals surface area contributed by atoms with E-state index in [1.807, 2.05) is 13.0 Å². The third kappa shape index (κ3) is 2.72. The molecule has 0 bridgehead atoms. The highest BCUT2D eigenvalue weighted by Gasteiger charge is 2.13. The highest BCUT2D eigenvalue weighted by atomic mass is 35.5. The molecular formula is C10H12ClNO2. The van der Waals surface area contributed by atoms with Crippen LogP contribution in [0.1, 0.15) is 11.1 Å². The summed E-state index contributed by atoms with van der Waals surface area (Å²) in [6.45, 7) is 1.92. The molecule has 1 atom stereocenters. The Bertz CT molecular complexity index is 352. The largest absolute Gasteiger partial charge is 0.480 e. The molecular weight excluding hydrogens is 202 g/mol. The fourth-order valence-corrected chi connectivity index (χ4v) is 1.45. The molecule has 3 nitrogen and oxygen atoms in total. The van der Waals surface area contributed by atoms with Gasteiger partial charge in [-0.2, -0.15) is 0 Å². The van der Waals surface area contributed by atoms with Gasteiger partial charge in [-0.05, 0) is 30.5 Å². The van der Waals surface area contributed by atoms with Gasteiger partial charge in [0.25, 0.3) is 0 Å². The van der Waals surface area contributed by atoms with Crippen LogP contribution in [0.3, 0.4) is 0 Å². The summed E-state index contributed by atoms with van der Waals surface area (Å²) in [5.74, 6) is -1.01. The van der Waals surface area contributed by atoms with E-state index in [-0.39, 0.29) is 6.42 Å². The Kier molecular flexibility index (Phi) is 3.49. The first-order valence-electron chi connectivity index (χ1n) is 4.24. The number of carboxylic acid groups (broad SMARTS) is 1. The molecule has 0 aliphatic rings. The lowest BCUT2D eigenvalue weighted by Gasteiger charge is -2.08. The van der Waals surface area contributed by atoms with Crippen LogP contribution in [0.4, 0.5) is 0 Å². The number of carboxylic acids is 1. The quantitative estimate of drug-likeness (QED) is 0.802. The minimum Gasteiger partial charge on any atom is -0.480 e. The van der Waals surface area contributed by atoms with Crippen molar-refractivity contribution in [2.75, 3.05) is 0 Å². The number of halogens is 1. The Morgan fingerprint density at radius 1 is 1.64 bits per heavy atom. The van der Waals surface area contributed by atoms with E-state index in [0.717, 1.165) is 11.1 Å². The van der Waals surface area contributed by atoms with E-state index in [4.69, 9.17) is 22.4 Å². The van der Waals surface area contributed by atoms with Crippen LogP contribution >= 0.6 is 11.6 Å². The van der Waals surface area contributed by atoms with Crippen LogP contribution in [-0.2, 0) is 11.2 Å². The van der Waals surface area contributed by atoms with Crippen LogP contribution in [0.5, 0.6) is 0 Å². The molecule has 0 aromatic heterocycles. The van der Waals surface area contributed by atoms with Crippen molar-refractivity contribution in [2.45, 2.75) is 19.4 Å². The average molecular weight is 214 g/mol. The van der Waals surface area contributed by atoms with Gasteiger partial charge in [0.1, 0.15) is 6.04 Å². The Morgan fingerprint density at radius 2 is 2.29 bits per heavy atom. The number of aryl methyl sites for hydroxylation is 1. The van der Waals surface area contributed by atoms with E-state index in [1.54, 1.807) is 12.1 Å². The minimum atomic E-state index is -1.01. The molecule has 1 aromatic rings. The normalized spacial score (nSPS) is 12.5. The van der Waals surface area contributed by atoms with Gasteiger partial charge in [0.2, 0.25) is 0 Å². The predicted molar refractivity (Wildman–Crippen MR) is 55.5 cm³/mol. The van der Waals surface area contributed by atoms with Crippen LogP contribution in [0.15, 0.2) is 18.2 Å². The fourth-order valence-electron chi connectivity index (χ4n) is 1.14. The lowest BCUT2D eigenvalue weighted by atomic mass is 10.1. The smallest absolute Gasteiger partial charge is 0.320 e.